The molecule has 20 heavy (non-hydrogen) atoms. The predicted molar refractivity (Wildman–Crippen MR) is 79.3 cm³/mol. The Kier molecular flexibility index (Phi) is 3.93. The fourth-order valence-electron chi connectivity index (χ4n) is 2.63. The largest absolute Gasteiger partial charge is 0.481 e. The monoisotopic (exact) mass is 290 g/mol. The fourth-order valence-corrected chi connectivity index (χ4v) is 3.79. The molecule has 0 saturated heterocycles. The molecule has 0 amide bonds. The summed E-state index contributed by atoms with van der Waals surface area (Å²) in [6, 6.07) is 1.84. The Morgan fingerprint density at radius 1 is 1.45 bits per heavy atom. The Hall–Kier alpha value is -1.53. The molecular weight excluding hydrogens is 272 g/mol. The van der Waals surface area contributed by atoms with Crippen LogP contribution in [0.3, 0.4) is 0 Å². The molecule has 0 aliphatic heterocycles. The zero-order chi connectivity index (χ0) is 13.9. The van der Waals surface area contributed by atoms with Gasteiger partial charge in [0.2, 0.25) is 5.88 Å². The van der Waals surface area contributed by atoms with Crippen molar-refractivity contribution in [1.29, 1.82) is 0 Å². The molecule has 106 valence electrons. The van der Waals surface area contributed by atoms with Crippen LogP contribution in [-0.2, 0) is 6.42 Å². The minimum absolute atomic E-state index is 0.525. The standard InChI is InChI=1S/C14H18N4OS/c1-15-7-9-4-3-5-11-13(9)18-14(20-11)10-6-12(19-2)17-8-16-10/h6,8-9,15H,3-5,7H2,1-2H3. The highest BCUT2D eigenvalue weighted by molar-refractivity contribution is 7.15. The first kappa shape index (κ1) is 13.5. The molecule has 0 spiro atoms. The zero-order valence-electron chi connectivity index (χ0n) is 11.7. The number of nitrogens with one attached hydrogen (secondary N) is 1. The number of aryl methyl sites for hydroxylation is 1. The van der Waals surface area contributed by atoms with E-state index in [-0.39, 0.29) is 0 Å². The van der Waals surface area contributed by atoms with E-state index in [2.05, 4.69) is 15.3 Å². The van der Waals surface area contributed by atoms with Crippen molar-refractivity contribution in [3.63, 3.8) is 0 Å². The van der Waals surface area contributed by atoms with Crippen molar-refractivity contribution in [2.24, 2.45) is 0 Å². The van der Waals surface area contributed by atoms with Gasteiger partial charge in [-0.3, -0.25) is 0 Å². The highest BCUT2D eigenvalue weighted by atomic mass is 32.1. The van der Waals surface area contributed by atoms with Crippen molar-refractivity contribution in [3.8, 4) is 16.6 Å². The maximum atomic E-state index is 5.15. The van der Waals surface area contributed by atoms with Crippen LogP contribution in [0, 0.1) is 0 Å². The third-order valence-corrected chi connectivity index (χ3v) is 4.74. The fraction of sp³-hybridized carbons (Fsp3) is 0.500. The lowest BCUT2D eigenvalue weighted by Gasteiger charge is -2.20. The second-order valence-electron chi connectivity index (χ2n) is 4.92. The van der Waals surface area contributed by atoms with Crippen LogP contribution in [0.25, 0.3) is 10.7 Å². The third-order valence-electron chi connectivity index (χ3n) is 3.59. The molecule has 1 aliphatic carbocycles. The average molecular weight is 290 g/mol. The van der Waals surface area contributed by atoms with Crippen molar-refractivity contribution in [2.45, 2.75) is 25.2 Å². The predicted octanol–water partition coefficient (Wildman–Crippen LogP) is 2.25. The molecule has 2 aromatic heterocycles. The molecule has 2 heterocycles. The van der Waals surface area contributed by atoms with Gasteiger partial charge in [-0.25, -0.2) is 15.0 Å². The first-order valence-corrected chi connectivity index (χ1v) is 7.64. The maximum Gasteiger partial charge on any atom is 0.216 e. The third kappa shape index (κ3) is 2.53. The van der Waals surface area contributed by atoms with Gasteiger partial charge in [-0.15, -0.1) is 11.3 Å². The van der Waals surface area contributed by atoms with Crippen LogP contribution in [-0.4, -0.2) is 35.7 Å². The van der Waals surface area contributed by atoms with E-state index in [9.17, 15) is 0 Å². The van der Waals surface area contributed by atoms with Crippen LogP contribution in [0.5, 0.6) is 5.88 Å². The molecule has 3 rings (SSSR count). The quantitative estimate of drug-likeness (QED) is 0.936. The minimum Gasteiger partial charge on any atom is -0.481 e. The Balaban J connectivity index is 1.95. The van der Waals surface area contributed by atoms with Crippen molar-refractivity contribution < 1.29 is 4.74 Å². The lowest BCUT2D eigenvalue weighted by molar-refractivity contribution is 0.397. The van der Waals surface area contributed by atoms with Gasteiger partial charge in [0.05, 0.1) is 12.8 Å². The Bertz CT molecular complexity index is 599. The SMILES string of the molecule is CNCC1CCCc2sc(-c3cc(OC)ncn3)nc21. The number of nitrogens with zero attached hydrogens (tertiary/aromatic N) is 3. The Morgan fingerprint density at radius 3 is 3.15 bits per heavy atom. The maximum absolute atomic E-state index is 5.15. The summed E-state index contributed by atoms with van der Waals surface area (Å²) in [5.74, 6) is 1.10. The van der Waals surface area contributed by atoms with E-state index >= 15 is 0 Å². The number of hydrogen-bond acceptors (Lipinski definition) is 6. The lowest BCUT2D eigenvalue weighted by Crippen LogP contribution is -2.20. The number of rotatable bonds is 4. The van der Waals surface area contributed by atoms with Gasteiger partial charge in [0.15, 0.2) is 0 Å². The molecule has 1 unspecified atom stereocenters. The highest BCUT2D eigenvalue weighted by Gasteiger charge is 2.25. The number of fused-ring (bicyclic) bond motifs is 1. The summed E-state index contributed by atoms with van der Waals surface area (Å²) >= 11 is 1.75. The number of thiazole rings is 1. The van der Waals surface area contributed by atoms with Gasteiger partial charge in [0, 0.05) is 23.4 Å². The summed E-state index contributed by atoms with van der Waals surface area (Å²) in [7, 11) is 3.61. The van der Waals surface area contributed by atoms with Crippen molar-refractivity contribution in [2.75, 3.05) is 20.7 Å². The number of aromatic nitrogens is 3. The molecule has 2 aromatic rings. The highest BCUT2D eigenvalue weighted by Crippen LogP contribution is 2.37. The molecular formula is C14H18N4OS. The first-order chi connectivity index (χ1) is 9.81. The van der Waals surface area contributed by atoms with Gasteiger partial charge in [0.25, 0.3) is 0 Å². The number of likely N-dealkylation sites (N-methyl/N-ethyl adjacent to an activating group) is 1. The van der Waals surface area contributed by atoms with E-state index < -0.39 is 0 Å². The van der Waals surface area contributed by atoms with Gasteiger partial charge in [-0.1, -0.05) is 0 Å². The Morgan fingerprint density at radius 2 is 2.35 bits per heavy atom. The van der Waals surface area contributed by atoms with E-state index in [1.807, 2.05) is 13.1 Å². The van der Waals surface area contributed by atoms with Crippen LogP contribution in [0.4, 0.5) is 0 Å². The molecule has 0 saturated carbocycles. The van der Waals surface area contributed by atoms with Crippen LogP contribution in [0.2, 0.25) is 0 Å². The van der Waals surface area contributed by atoms with Crippen molar-refractivity contribution in [3.05, 3.63) is 23.0 Å². The number of hydrogen-bond donors (Lipinski definition) is 1. The molecule has 6 heteroatoms. The summed E-state index contributed by atoms with van der Waals surface area (Å²) in [5, 5.41) is 4.24. The summed E-state index contributed by atoms with van der Waals surface area (Å²) in [6.07, 6.45) is 5.12. The molecule has 5 nitrogen and oxygen atoms in total. The Labute approximate surface area is 122 Å². The summed E-state index contributed by atoms with van der Waals surface area (Å²) < 4.78 is 5.15. The lowest BCUT2D eigenvalue weighted by atomic mass is 9.91. The molecule has 0 bridgehead atoms. The average Bonchev–Trinajstić information content (AvgIpc) is 2.93. The van der Waals surface area contributed by atoms with Gasteiger partial charge in [-0.2, -0.15) is 0 Å². The van der Waals surface area contributed by atoms with E-state index in [4.69, 9.17) is 9.72 Å². The summed E-state index contributed by atoms with van der Waals surface area (Å²) in [6.45, 7) is 0.989. The topological polar surface area (TPSA) is 59.9 Å². The summed E-state index contributed by atoms with van der Waals surface area (Å²) in [4.78, 5) is 14.6. The molecule has 1 aliphatic rings. The summed E-state index contributed by atoms with van der Waals surface area (Å²) in [5.41, 5.74) is 2.10. The van der Waals surface area contributed by atoms with E-state index in [1.54, 1.807) is 18.4 Å². The van der Waals surface area contributed by atoms with E-state index in [1.165, 1.54) is 29.7 Å². The van der Waals surface area contributed by atoms with Crippen molar-refractivity contribution in [1.82, 2.24) is 20.3 Å². The molecule has 0 aromatic carbocycles. The van der Waals surface area contributed by atoms with Gasteiger partial charge >= 0.3 is 0 Å². The zero-order valence-corrected chi connectivity index (χ0v) is 12.5. The minimum atomic E-state index is 0.525. The molecule has 1 N–H and O–H groups in total. The smallest absolute Gasteiger partial charge is 0.216 e. The van der Waals surface area contributed by atoms with Crippen LogP contribution in [0.1, 0.15) is 29.3 Å². The van der Waals surface area contributed by atoms with Crippen LogP contribution >= 0.6 is 11.3 Å². The van der Waals surface area contributed by atoms with E-state index in [0.29, 0.717) is 11.8 Å². The molecule has 0 radical (unpaired) electrons. The van der Waals surface area contributed by atoms with Gasteiger partial charge in [0.1, 0.15) is 17.0 Å². The number of ether oxygens (including phenoxy) is 1. The molecule has 1 atom stereocenters. The van der Waals surface area contributed by atoms with E-state index in [0.717, 1.165) is 23.7 Å². The van der Waals surface area contributed by atoms with Gasteiger partial charge < -0.3 is 10.1 Å². The van der Waals surface area contributed by atoms with Crippen LogP contribution < -0.4 is 10.1 Å². The first-order valence-electron chi connectivity index (χ1n) is 6.82. The van der Waals surface area contributed by atoms with Crippen LogP contribution in [0.15, 0.2) is 12.4 Å². The normalized spacial score (nSPS) is 17.8. The van der Waals surface area contributed by atoms with Crippen molar-refractivity contribution >= 4 is 11.3 Å². The molecule has 0 fully saturated rings. The van der Waals surface area contributed by atoms with Gasteiger partial charge in [-0.05, 0) is 26.3 Å². The second-order valence-corrected chi connectivity index (χ2v) is 6.00. The second kappa shape index (κ2) is 5.85. The number of methoxy groups -OCH3 is 1.